The largest absolute Gasteiger partial charge is 0.336 e. The van der Waals surface area contributed by atoms with Crippen LogP contribution in [0.3, 0.4) is 0 Å². The van der Waals surface area contributed by atoms with Crippen LogP contribution in [-0.4, -0.2) is 43.0 Å². The van der Waals surface area contributed by atoms with E-state index in [1.54, 1.807) is 11.3 Å². The van der Waals surface area contributed by atoms with Crippen LogP contribution in [0.25, 0.3) is 10.2 Å². The van der Waals surface area contributed by atoms with Crippen LogP contribution < -0.4 is 21.4 Å². The summed E-state index contributed by atoms with van der Waals surface area (Å²) in [5, 5.41) is 12.2. The first-order valence-corrected chi connectivity index (χ1v) is 10.5. The molecule has 1 fully saturated rings. The highest BCUT2D eigenvalue weighted by Crippen LogP contribution is 2.27. The van der Waals surface area contributed by atoms with Crippen molar-refractivity contribution in [2.75, 3.05) is 37.7 Å². The van der Waals surface area contributed by atoms with E-state index in [0.717, 1.165) is 36.6 Å². The van der Waals surface area contributed by atoms with Gasteiger partial charge in [0.25, 0.3) is 0 Å². The van der Waals surface area contributed by atoms with E-state index in [0.29, 0.717) is 6.67 Å². The highest BCUT2D eigenvalue weighted by molar-refractivity contribution is 7.22. The van der Waals surface area contributed by atoms with Gasteiger partial charge in [0.2, 0.25) is 0 Å². The van der Waals surface area contributed by atoms with Gasteiger partial charge in [0, 0.05) is 13.1 Å². The number of hydrogen-bond donors (Lipinski definition) is 4. The molecule has 1 aliphatic heterocycles. The summed E-state index contributed by atoms with van der Waals surface area (Å²) in [5.74, 6) is 0. The monoisotopic (exact) mass is 381 g/mol. The second-order valence-corrected chi connectivity index (χ2v) is 7.08. The molecule has 1 aromatic heterocycles. The average Bonchev–Trinajstić information content (AvgIpc) is 3.13. The fourth-order valence-corrected chi connectivity index (χ4v) is 3.43. The summed E-state index contributed by atoms with van der Waals surface area (Å²) in [6.45, 7) is 8.80. The van der Waals surface area contributed by atoms with Crippen molar-refractivity contribution in [2.45, 2.75) is 46.0 Å². The molecule has 0 unspecified atom stereocenters. The molecule has 0 radical (unpaired) electrons. The Balaban J connectivity index is 0.000000234. The van der Waals surface area contributed by atoms with Crippen LogP contribution in [0.4, 0.5) is 5.13 Å². The molecule has 26 heavy (non-hydrogen) atoms. The number of hydroxylamine groups is 1. The molecule has 148 valence electrons. The summed E-state index contributed by atoms with van der Waals surface area (Å²) in [5.41, 5.74) is 8.75. The first-order valence-electron chi connectivity index (χ1n) is 9.65. The van der Waals surface area contributed by atoms with Crippen LogP contribution in [0, 0.1) is 0 Å². The van der Waals surface area contributed by atoms with Crippen molar-refractivity contribution >= 4 is 26.7 Å². The van der Waals surface area contributed by atoms with Crippen LogP contribution in [0.5, 0.6) is 0 Å². The molecule has 0 spiro atoms. The Bertz CT molecular complexity index is 521. The fraction of sp³-hybridized carbons (Fsp3) is 0.632. The lowest BCUT2D eigenvalue weighted by molar-refractivity contribution is 0.165. The standard InChI is InChI=1S/C10H13N3S.C5H11N.C4H11NO/c1-2-13(7-11)10-12-8-5-3-4-6-9(8)14-10;1-2-4-6-5-3-1;1-2-3-4-5-6/h3-6H,2,7,11H2,1H3;6H,1-5H2;5-6H,2-4H2,1H3. The summed E-state index contributed by atoms with van der Waals surface area (Å²) >= 11 is 1.69. The molecular weight excluding hydrogens is 346 g/mol. The first kappa shape index (κ1) is 22.8. The van der Waals surface area contributed by atoms with E-state index < -0.39 is 0 Å². The number of nitrogens with two attached hydrogens (primary N) is 1. The number of piperidine rings is 1. The summed E-state index contributed by atoms with van der Waals surface area (Å²) in [7, 11) is 0. The quantitative estimate of drug-likeness (QED) is 0.348. The number of nitrogens with zero attached hydrogens (tertiary/aromatic N) is 2. The van der Waals surface area contributed by atoms with Gasteiger partial charge in [-0.1, -0.05) is 43.2 Å². The maximum atomic E-state index is 7.95. The van der Waals surface area contributed by atoms with Crippen LogP contribution >= 0.6 is 11.3 Å². The van der Waals surface area contributed by atoms with E-state index in [9.17, 15) is 0 Å². The third kappa shape index (κ3) is 8.91. The van der Waals surface area contributed by atoms with Gasteiger partial charge in [0.1, 0.15) is 0 Å². The van der Waals surface area contributed by atoms with Crippen molar-refractivity contribution in [1.29, 1.82) is 0 Å². The first-order chi connectivity index (χ1) is 12.8. The summed E-state index contributed by atoms with van der Waals surface area (Å²) < 4.78 is 1.22. The minimum Gasteiger partial charge on any atom is -0.336 e. The Morgan fingerprint density at radius 2 is 1.96 bits per heavy atom. The van der Waals surface area contributed by atoms with Crippen molar-refractivity contribution in [3.05, 3.63) is 24.3 Å². The molecule has 2 heterocycles. The van der Waals surface area contributed by atoms with E-state index in [1.807, 2.05) is 18.2 Å². The molecule has 1 aliphatic rings. The summed E-state index contributed by atoms with van der Waals surface area (Å²) in [6.07, 6.45) is 6.40. The lowest BCUT2D eigenvalue weighted by atomic mass is 10.2. The second-order valence-electron chi connectivity index (χ2n) is 6.08. The molecule has 6 nitrogen and oxygen atoms in total. The number of rotatable bonds is 6. The maximum Gasteiger partial charge on any atom is 0.187 e. The van der Waals surface area contributed by atoms with Crippen LogP contribution in [0.1, 0.15) is 46.0 Å². The van der Waals surface area contributed by atoms with Crippen LogP contribution in [0.15, 0.2) is 24.3 Å². The number of benzene rings is 1. The molecule has 7 heteroatoms. The zero-order valence-corrected chi connectivity index (χ0v) is 17.0. The van der Waals surface area contributed by atoms with Crippen molar-refractivity contribution in [1.82, 2.24) is 15.8 Å². The van der Waals surface area contributed by atoms with Gasteiger partial charge in [0.05, 0.1) is 16.9 Å². The van der Waals surface area contributed by atoms with Gasteiger partial charge in [-0.25, -0.2) is 10.5 Å². The Labute approximate surface area is 161 Å². The molecule has 5 N–H and O–H groups in total. The van der Waals surface area contributed by atoms with Gasteiger partial charge in [-0.3, -0.25) is 0 Å². The molecule has 0 atom stereocenters. The predicted octanol–water partition coefficient (Wildman–Crippen LogP) is 3.56. The van der Waals surface area contributed by atoms with Crippen molar-refractivity contribution in [2.24, 2.45) is 5.73 Å². The number of anilines is 1. The zero-order valence-electron chi connectivity index (χ0n) is 16.2. The van der Waals surface area contributed by atoms with Crippen LogP contribution in [0.2, 0.25) is 0 Å². The molecule has 0 saturated carbocycles. The summed E-state index contributed by atoms with van der Waals surface area (Å²) in [6, 6.07) is 8.15. The molecule has 2 aromatic rings. The Hall–Kier alpha value is -1.25. The highest BCUT2D eigenvalue weighted by Gasteiger charge is 2.07. The van der Waals surface area contributed by atoms with Crippen molar-refractivity contribution < 1.29 is 5.21 Å². The Morgan fingerprint density at radius 1 is 1.23 bits per heavy atom. The number of nitrogens with one attached hydrogen (secondary N) is 2. The third-order valence-electron chi connectivity index (χ3n) is 4.00. The van der Waals surface area contributed by atoms with Gasteiger partial charge in [-0.05, 0) is 51.4 Å². The summed E-state index contributed by atoms with van der Waals surface area (Å²) in [4.78, 5) is 6.58. The third-order valence-corrected chi connectivity index (χ3v) is 5.10. The number of hydrogen-bond acceptors (Lipinski definition) is 7. The van der Waals surface area contributed by atoms with Gasteiger partial charge >= 0.3 is 0 Å². The molecule has 0 amide bonds. The number of para-hydroxylation sites is 1. The average molecular weight is 382 g/mol. The Morgan fingerprint density at radius 3 is 2.38 bits per heavy atom. The van der Waals surface area contributed by atoms with E-state index in [4.69, 9.17) is 10.9 Å². The van der Waals surface area contributed by atoms with Gasteiger partial charge in [0.15, 0.2) is 5.13 Å². The van der Waals surface area contributed by atoms with E-state index >= 15 is 0 Å². The maximum absolute atomic E-state index is 7.95. The van der Waals surface area contributed by atoms with Crippen LogP contribution in [-0.2, 0) is 0 Å². The smallest absolute Gasteiger partial charge is 0.187 e. The topological polar surface area (TPSA) is 86.4 Å². The Kier molecular flexibility index (Phi) is 13.0. The number of aromatic nitrogens is 1. The van der Waals surface area contributed by atoms with E-state index in [2.05, 4.69) is 40.6 Å². The van der Waals surface area contributed by atoms with Gasteiger partial charge in [-0.15, -0.1) is 0 Å². The highest BCUT2D eigenvalue weighted by atomic mass is 32.1. The normalized spacial score (nSPS) is 13.4. The predicted molar refractivity (Wildman–Crippen MR) is 113 cm³/mol. The van der Waals surface area contributed by atoms with Gasteiger partial charge in [-0.2, -0.15) is 0 Å². The van der Waals surface area contributed by atoms with E-state index in [-0.39, 0.29) is 0 Å². The number of unbranched alkanes of at least 4 members (excludes halogenated alkanes) is 1. The molecule has 0 bridgehead atoms. The second kappa shape index (κ2) is 14.9. The fourth-order valence-electron chi connectivity index (χ4n) is 2.40. The molecule has 1 saturated heterocycles. The van der Waals surface area contributed by atoms with E-state index in [1.165, 1.54) is 37.1 Å². The zero-order chi connectivity index (χ0) is 19.0. The molecule has 3 rings (SSSR count). The minimum atomic E-state index is 0.524. The SMILES string of the molecule is C1CCNCC1.CCCCNO.CCN(CN)c1nc2ccccc2s1. The number of thiazole rings is 1. The molecular formula is C19H35N5OS. The van der Waals surface area contributed by atoms with Gasteiger partial charge < -0.3 is 21.2 Å². The molecule has 0 aliphatic carbocycles. The lowest BCUT2D eigenvalue weighted by Crippen LogP contribution is -2.29. The molecule has 1 aromatic carbocycles. The lowest BCUT2D eigenvalue weighted by Gasteiger charge is -2.15. The van der Waals surface area contributed by atoms with Crippen molar-refractivity contribution in [3.63, 3.8) is 0 Å². The number of fused-ring (bicyclic) bond motifs is 1. The van der Waals surface area contributed by atoms with Crippen molar-refractivity contribution in [3.8, 4) is 0 Å². The minimum absolute atomic E-state index is 0.524.